The molecule has 0 spiro atoms. The van der Waals surface area contributed by atoms with Crippen LogP contribution in [0.15, 0.2) is 72.8 Å². The third kappa shape index (κ3) is 5.09. The molecule has 0 saturated carbocycles. The summed E-state index contributed by atoms with van der Waals surface area (Å²) in [4.78, 5) is 79.2. The fraction of sp³-hybridized carbons (Fsp3) is 0. The topological polar surface area (TPSA) is 281 Å². The molecule has 2 N–H and O–H groups in total. The van der Waals surface area contributed by atoms with E-state index in [0.717, 1.165) is 0 Å². The van der Waals surface area contributed by atoms with Crippen molar-refractivity contribution in [2.24, 2.45) is 0 Å². The normalized spacial score (nSPS) is 11.5. The van der Waals surface area contributed by atoms with E-state index in [2.05, 4.69) is 29.9 Å². The van der Waals surface area contributed by atoms with Crippen molar-refractivity contribution < 1.29 is 39.2 Å². The Morgan fingerprint density at radius 2 is 0.887 bits per heavy atom. The fourth-order valence-corrected chi connectivity index (χ4v) is 6.28. The SMILES string of the molecule is O=[N+]([O-])c1ccc2c(c1)-c1nc-2nc2[nH]c(nc3nc(nc4[nH]c(n1)c1cccc([N+](=O)[O-])c41)-c1cc([N+](=O)[O-])ccc1-3)c1cc([N+](=O)[O-])ccc21.[Zn]. The Morgan fingerprint density at radius 1 is 0.434 bits per heavy atom. The summed E-state index contributed by atoms with van der Waals surface area (Å²) in [5.74, 6) is 0.0108. The molecule has 53 heavy (non-hydrogen) atoms. The monoisotopic (exact) mass is 758 g/mol. The Hall–Kier alpha value is -7.54. The molecule has 21 heteroatoms. The van der Waals surface area contributed by atoms with Gasteiger partial charge < -0.3 is 9.97 Å². The molecule has 0 unspecified atom stereocenters. The molecular formula is C32H14N12O8Zn. The van der Waals surface area contributed by atoms with Gasteiger partial charge in [0.25, 0.3) is 22.7 Å². The van der Waals surface area contributed by atoms with E-state index in [9.17, 15) is 40.5 Å². The maximum Gasteiger partial charge on any atom is 0.281 e. The number of H-pyrrole nitrogens is 2. The van der Waals surface area contributed by atoms with Crippen molar-refractivity contribution in [2.75, 3.05) is 0 Å². The van der Waals surface area contributed by atoms with E-state index in [-0.39, 0.29) is 115 Å². The van der Waals surface area contributed by atoms with E-state index in [1.54, 1.807) is 6.07 Å². The standard InChI is InChI=1S/C32H14N12O8.Zn/c45-41(46)13-4-7-16-20(10-13)29-34-25(16)33-26-17-8-5-14(42(47)48)11-21(17)30(35-26)38-28-19-2-1-3-23(44(51)52)24(19)32(39-28)40-31-22-12-15(43(49)50)6-9-18(22)27(36-29)37-31;/h1-12H,(H2,33,34,35,36,37,38,39,40);. The molecule has 5 heterocycles. The van der Waals surface area contributed by atoms with Crippen molar-refractivity contribution in [1.29, 1.82) is 0 Å². The first kappa shape index (κ1) is 32.7. The Kier molecular flexibility index (Phi) is 7.25. The van der Waals surface area contributed by atoms with Crippen LogP contribution in [0.1, 0.15) is 0 Å². The summed E-state index contributed by atoms with van der Waals surface area (Å²) in [5, 5.41) is 48.5. The number of nitro groups is 4. The van der Waals surface area contributed by atoms with Crippen LogP contribution in [0.4, 0.5) is 22.7 Å². The predicted octanol–water partition coefficient (Wildman–Crippen LogP) is 6.50. The minimum atomic E-state index is -0.604. The molecule has 0 amide bonds. The third-order valence-corrected chi connectivity index (χ3v) is 8.61. The molecule has 8 bridgehead atoms. The average Bonchev–Trinajstić information content (AvgIpc) is 3.86. The zero-order chi connectivity index (χ0) is 36.0. The van der Waals surface area contributed by atoms with Gasteiger partial charge in [-0.3, -0.25) is 40.5 Å². The van der Waals surface area contributed by atoms with Crippen molar-refractivity contribution >= 4 is 66.9 Å². The molecule has 4 aromatic carbocycles. The van der Waals surface area contributed by atoms with Crippen molar-refractivity contribution in [3.63, 3.8) is 0 Å². The zero-order valence-corrected chi connectivity index (χ0v) is 29.3. The number of hydrogen-bond acceptors (Lipinski definition) is 14. The van der Waals surface area contributed by atoms with Gasteiger partial charge in [0.05, 0.1) is 19.7 Å². The second-order valence-corrected chi connectivity index (χ2v) is 11.5. The summed E-state index contributed by atoms with van der Waals surface area (Å²) in [6.45, 7) is 0. The van der Waals surface area contributed by atoms with Crippen LogP contribution in [0.25, 0.3) is 89.7 Å². The van der Waals surface area contributed by atoms with Crippen molar-refractivity contribution in [3.05, 3.63) is 113 Å². The molecule has 0 saturated heterocycles. The molecule has 0 fully saturated rings. The molecule has 252 valence electrons. The van der Waals surface area contributed by atoms with E-state index in [1.165, 1.54) is 66.7 Å². The van der Waals surface area contributed by atoms with E-state index >= 15 is 0 Å². The Labute approximate surface area is 304 Å². The second-order valence-electron chi connectivity index (χ2n) is 11.5. The minimum absolute atomic E-state index is 0. The molecule has 0 radical (unpaired) electrons. The van der Waals surface area contributed by atoms with E-state index < -0.39 is 19.7 Å². The van der Waals surface area contributed by atoms with Gasteiger partial charge in [-0.05, 0) is 18.2 Å². The quantitative estimate of drug-likeness (QED) is 0.110. The average molecular weight is 760 g/mol. The smallest absolute Gasteiger partial charge is 0.281 e. The molecule has 2 aliphatic heterocycles. The van der Waals surface area contributed by atoms with Gasteiger partial charge in [0.15, 0.2) is 23.3 Å². The van der Waals surface area contributed by atoms with Crippen LogP contribution in [0.3, 0.4) is 0 Å². The minimum Gasteiger partial charge on any atom is -0.324 e. The third-order valence-electron chi connectivity index (χ3n) is 8.61. The molecule has 7 aromatic rings. The number of nitrogens with one attached hydrogen (secondary N) is 2. The predicted molar refractivity (Wildman–Crippen MR) is 183 cm³/mol. The van der Waals surface area contributed by atoms with Crippen LogP contribution in [-0.4, -0.2) is 59.6 Å². The van der Waals surface area contributed by atoms with Gasteiger partial charge in [-0.15, -0.1) is 0 Å². The van der Waals surface area contributed by atoms with Crippen LogP contribution >= 0.6 is 0 Å². The summed E-state index contributed by atoms with van der Waals surface area (Å²) >= 11 is 0. The van der Waals surface area contributed by atoms with E-state index in [1.807, 2.05) is 0 Å². The Morgan fingerprint density at radius 3 is 1.43 bits per heavy atom. The van der Waals surface area contributed by atoms with Crippen molar-refractivity contribution in [1.82, 2.24) is 39.9 Å². The largest absolute Gasteiger partial charge is 0.324 e. The molecule has 0 atom stereocenters. The van der Waals surface area contributed by atoms with Gasteiger partial charge in [0.2, 0.25) is 0 Å². The fourth-order valence-electron chi connectivity index (χ4n) is 6.28. The van der Waals surface area contributed by atoms with Gasteiger partial charge in [0, 0.05) is 100 Å². The number of nitrogens with zero attached hydrogens (tertiary/aromatic N) is 10. The van der Waals surface area contributed by atoms with E-state index in [0.29, 0.717) is 16.5 Å². The van der Waals surface area contributed by atoms with Crippen molar-refractivity contribution in [2.45, 2.75) is 0 Å². The first-order valence-electron chi connectivity index (χ1n) is 15.0. The molecule has 0 aliphatic carbocycles. The summed E-state index contributed by atoms with van der Waals surface area (Å²) in [5.41, 5.74) is 0.266. The van der Waals surface area contributed by atoms with Crippen LogP contribution in [0.2, 0.25) is 0 Å². The number of hydrogen-bond donors (Lipinski definition) is 2. The molecule has 20 nitrogen and oxygen atoms in total. The van der Waals surface area contributed by atoms with Gasteiger partial charge in [-0.1, -0.05) is 12.1 Å². The first-order chi connectivity index (χ1) is 25.0. The summed E-state index contributed by atoms with van der Waals surface area (Å²) in [6, 6.07) is 16.3. The summed E-state index contributed by atoms with van der Waals surface area (Å²) in [6.07, 6.45) is 0. The van der Waals surface area contributed by atoms with Crippen LogP contribution in [0, 0.1) is 40.5 Å². The van der Waals surface area contributed by atoms with Crippen LogP contribution < -0.4 is 0 Å². The number of non-ortho nitro benzene ring substituents is 4. The number of aromatic amines is 2. The summed E-state index contributed by atoms with van der Waals surface area (Å²) < 4.78 is 0. The number of aromatic nitrogens is 8. The second kappa shape index (κ2) is 11.8. The number of fused-ring (bicyclic) bond motifs is 20. The zero-order valence-electron chi connectivity index (χ0n) is 26.4. The Balaban J connectivity index is 0.00000400. The summed E-state index contributed by atoms with van der Waals surface area (Å²) in [7, 11) is 0. The number of nitro benzene ring substituents is 4. The first-order valence-corrected chi connectivity index (χ1v) is 15.0. The number of rotatable bonds is 4. The van der Waals surface area contributed by atoms with E-state index in [4.69, 9.17) is 9.97 Å². The molecule has 9 rings (SSSR count). The van der Waals surface area contributed by atoms with Crippen molar-refractivity contribution in [3.8, 4) is 45.6 Å². The van der Waals surface area contributed by atoms with Gasteiger partial charge in [0.1, 0.15) is 28.0 Å². The van der Waals surface area contributed by atoms with Gasteiger partial charge in [-0.25, -0.2) is 29.9 Å². The Bertz CT molecular complexity index is 3020. The molecule has 2 aliphatic rings. The molecular weight excluding hydrogens is 746 g/mol. The van der Waals surface area contributed by atoms with Crippen LogP contribution in [-0.2, 0) is 19.5 Å². The van der Waals surface area contributed by atoms with Gasteiger partial charge in [-0.2, -0.15) is 0 Å². The van der Waals surface area contributed by atoms with Crippen LogP contribution in [0.5, 0.6) is 0 Å². The molecule has 3 aromatic heterocycles. The maximum atomic E-state index is 12.2. The number of benzene rings is 4. The maximum absolute atomic E-state index is 12.2. The van der Waals surface area contributed by atoms with Gasteiger partial charge >= 0.3 is 0 Å².